The largest absolute Gasteiger partial charge is 0.330 e. The second kappa shape index (κ2) is 6.97. The number of nitrogens with two attached hydrogens (primary N) is 1. The Hall–Kier alpha value is 0.01000. The first-order valence-corrected chi connectivity index (χ1v) is 8.51. The average Bonchev–Trinajstić information content (AvgIpc) is 2.33. The zero-order valence-corrected chi connectivity index (χ0v) is 13.4. The molecule has 3 heteroatoms. The molecule has 1 aliphatic carbocycles. The van der Waals surface area contributed by atoms with Gasteiger partial charge in [0.15, 0.2) is 0 Å². The lowest BCUT2D eigenvalue weighted by atomic mass is 9.91. The summed E-state index contributed by atoms with van der Waals surface area (Å²) in [6, 6.07) is 6.69. The van der Waals surface area contributed by atoms with E-state index in [0.29, 0.717) is 0 Å². The van der Waals surface area contributed by atoms with Crippen LogP contribution in [0.3, 0.4) is 0 Å². The number of hydrogen-bond donors (Lipinski definition) is 1. The molecule has 1 nitrogen and oxygen atoms in total. The summed E-state index contributed by atoms with van der Waals surface area (Å²) < 4.78 is 1.23. The van der Waals surface area contributed by atoms with E-state index in [9.17, 15) is 0 Å². The normalized spacial score (nSPS) is 24.2. The van der Waals surface area contributed by atoms with E-state index in [4.69, 9.17) is 5.73 Å². The first-order chi connectivity index (χ1) is 8.69. The fourth-order valence-corrected chi connectivity index (χ4v) is 4.72. The van der Waals surface area contributed by atoms with Crippen LogP contribution in [0.2, 0.25) is 0 Å². The molecule has 0 amide bonds. The maximum atomic E-state index is 5.59. The molecule has 0 aromatic heterocycles. The zero-order chi connectivity index (χ0) is 13.0. The van der Waals surface area contributed by atoms with Crippen LogP contribution in [0.5, 0.6) is 0 Å². The Balaban J connectivity index is 2.00. The fourth-order valence-electron chi connectivity index (χ4n) is 2.63. The second-order valence-corrected chi connectivity index (χ2v) is 7.51. The quantitative estimate of drug-likeness (QED) is 0.873. The molecular weight excluding hydrogens is 306 g/mol. The summed E-state index contributed by atoms with van der Waals surface area (Å²) in [6.07, 6.45) is 6.49. The van der Waals surface area contributed by atoms with Crippen molar-refractivity contribution in [1.29, 1.82) is 0 Å². The van der Waals surface area contributed by atoms with Crippen LogP contribution in [0.4, 0.5) is 0 Å². The summed E-state index contributed by atoms with van der Waals surface area (Å²) in [5.41, 5.74) is 6.92. The van der Waals surface area contributed by atoms with Crippen molar-refractivity contribution < 1.29 is 0 Å². The standard InChI is InChI=1S/C15H22BrNS/c1-11-3-2-4-13(9-11)18-15-6-5-12(7-8-17)10-14(15)16/h5-6,10-11,13H,2-4,7-9,17H2,1H3. The molecule has 0 saturated heterocycles. The highest BCUT2D eigenvalue weighted by Gasteiger charge is 2.20. The summed E-state index contributed by atoms with van der Waals surface area (Å²) in [5, 5.41) is 0.797. The van der Waals surface area contributed by atoms with E-state index in [1.165, 1.54) is 40.6 Å². The van der Waals surface area contributed by atoms with Crippen molar-refractivity contribution in [3.63, 3.8) is 0 Å². The molecule has 1 aromatic carbocycles. The third-order valence-electron chi connectivity index (χ3n) is 3.61. The molecule has 1 aromatic rings. The van der Waals surface area contributed by atoms with Crippen LogP contribution in [0.1, 0.15) is 38.2 Å². The molecule has 0 radical (unpaired) electrons. The van der Waals surface area contributed by atoms with Crippen LogP contribution >= 0.6 is 27.7 Å². The molecule has 2 atom stereocenters. The van der Waals surface area contributed by atoms with Crippen LogP contribution in [0, 0.1) is 5.92 Å². The fraction of sp³-hybridized carbons (Fsp3) is 0.600. The van der Waals surface area contributed by atoms with E-state index in [1.807, 2.05) is 11.8 Å². The van der Waals surface area contributed by atoms with Crippen molar-refractivity contribution in [2.24, 2.45) is 11.7 Å². The van der Waals surface area contributed by atoms with E-state index in [-0.39, 0.29) is 0 Å². The SMILES string of the molecule is CC1CCCC(Sc2ccc(CCN)cc2Br)C1. The summed E-state index contributed by atoms with van der Waals surface area (Å²) >= 11 is 5.74. The number of halogens is 1. The molecule has 100 valence electrons. The van der Waals surface area contributed by atoms with Gasteiger partial charge < -0.3 is 5.73 Å². The minimum Gasteiger partial charge on any atom is -0.330 e. The summed E-state index contributed by atoms with van der Waals surface area (Å²) in [5.74, 6) is 0.895. The topological polar surface area (TPSA) is 26.0 Å². The molecular formula is C15H22BrNS. The predicted octanol–water partition coefficient (Wildman–Crippen LogP) is 4.62. The van der Waals surface area contributed by atoms with E-state index in [2.05, 4.69) is 41.1 Å². The lowest BCUT2D eigenvalue weighted by molar-refractivity contribution is 0.394. The van der Waals surface area contributed by atoms with Crippen molar-refractivity contribution >= 4 is 27.7 Å². The molecule has 0 spiro atoms. The third-order valence-corrected chi connectivity index (χ3v) is 5.90. The Morgan fingerprint density at radius 1 is 1.39 bits per heavy atom. The van der Waals surface area contributed by atoms with Gasteiger partial charge in [-0.15, -0.1) is 11.8 Å². The van der Waals surface area contributed by atoms with E-state index < -0.39 is 0 Å². The highest BCUT2D eigenvalue weighted by atomic mass is 79.9. The van der Waals surface area contributed by atoms with Gasteiger partial charge >= 0.3 is 0 Å². The van der Waals surface area contributed by atoms with Gasteiger partial charge in [0.2, 0.25) is 0 Å². The van der Waals surface area contributed by atoms with Gasteiger partial charge in [0, 0.05) is 14.6 Å². The van der Waals surface area contributed by atoms with E-state index >= 15 is 0 Å². The second-order valence-electron chi connectivity index (χ2n) is 5.32. The van der Waals surface area contributed by atoms with Gasteiger partial charge in [0.25, 0.3) is 0 Å². The summed E-state index contributed by atoms with van der Waals surface area (Å²) in [6.45, 7) is 3.10. The molecule has 0 heterocycles. The summed E-state index contributed by atoms with van der Waals surface area (Å²) in [7, 11) is 0. The van der Waals surface area contributed by atoms with Crippen molar-refractivity contribution in [2.45, 2.75) is 49.2 Å². The summed E-state index contributed by atoms with van der Waals surface area (Å²) in [4.78, 5) is 1.38. The van der Waals surface area contributed by atoms with Crippen molar-refractivity contribution in [2.75, 3.05) is 6.54 Å². The maximum absolute atomic E-state index is 5.59. The smallest absolute Gasteiger partial charge is 0.0314 e. The van der Waals surface area contributed by atoms with Gasteiger partial charge in [-0.05, 0) is 65.4 Å². The number of thioether (sulfide) groups is 1. The van der Waals surface area contributed by atoms with Gasteiger partial charge in [0.05, 0.1) is 0 Å². The molecule has 2 N–H and O–H groups in total. The van der Waals surface area contributed by atoms with Crippen LogP contribution in [-0.4, -0.2) is 11.8 Å². The first kappa shape index (κ1) is 14.4. The van der Waals surface area contributed by atoms with Gasteiger partial charge in [-0.1, -0.05) is 25.8 Å². The minimum atomic E-state index is 0.721. The molecule has 2 unspecified atom stereocenters. The Bertz CT molecular complexity index is 394. The van der Waals surface area contributed by atoms with Crippen molar-refractivity contribution in [3.05, 3.63) is 28.2 Å². The van der Waals surface area contributed by atoms with Crippen LogP contribution in [0.25, 0.3) is 0 Å². The molecule has 1 saturated carbocycles. The van der Waals surface area contributed by atoms with Crippen molar-refractivity contribution in [1.82, 2.24) is 0 Å². The van der Waals surface area contributed by atoms with Gasteiger partial charge in [-0.2, -0.15) is 0 Å². The monoisotopic (exact) mass is 327 g/mol. The molecule has 18 heavy (non-hydrogen) atoms. The van der Waals surface area contributed by atoms with Crippen LogP contribution in [0.15, 0.2) is 27.6 Å². The first-order valence-electron chi connectivity index (χ1n) is 6.84. The number of rotatable bonds is 4. The molecule has 2 rings (SSSR count). The van der Waals surface area contributed by atoms with Gasteiger partial charge in [0.1, 0.15) is 0 Å². The highest BCUT2D eigenvalue weighted by Crippen LogP contribution is 2.39. The van der Waals surface area contributed by atoms with Crippen LogP contribution in [-0.2, 0) is 6.42 Å². The predicted molar refractivity (Wildman–Crippen MR) is 84.2 cm³/mol. The third kappa shape index (κ3) is 4.01. The molecule has 1 fully saturated rings. The highest BCUT2D eigenvalue weighted by molar-refractivity contribution is 9.10. The Kier molecular flexibility index (Phi) is 5.58. The lowest BCUT2D eigenvalue weighted by Gasteiger charge is -2.26. The van der Waals surface area contributed by atoms with Crippen molar-refractivity contribution in [3.8, 4) is 0 Å². The van der Waals surface area contributed by atoms with Crippen LogP contribution < -0.4 is 5.73 Å². The van der Waals surface area contributed by atoms with Gasteiger partial charge in [-0.3, -0.25) is 0 Å². The molecule has 0 aliphatic heterocycles. The molecule has 0 bridgehead atoms. The maximum Gasteiger partial charge on any atom is 0.0314 e. The minimum absolute atomic E-state index is 0.721. The number of benzene rings is 1. The number of hydrogen-bond acceptors (Lipinski definition) is 2. The van der Waals surface area contributed by atoms with E-state index in [0.717, 1.165) is 24.1 Å². The molecule has 1 aliphatic rings. The Morgan fingerprint density at radius 2 is 2.22 bits per heavy atom. The average molecular weight is 328 g/mol. The van der Waals surface area contributed by atoms with Gasteiger partial charge in [-0.25, -0.2) is 0 Å². The lowest BCUT2D eigenvalue weighted by Crippen LogP contribution is -2.14. The zero-order valence-electron chi connectivity index (χ0n) is 11.0. The Labute approximate surface area is 123 Å². The van der Waals surface area contributed by atoms with E-state index in [1.54, 1.807) is 0 Å². The Morgan fingerprint density at radius 3 is 2.89 bits per heavy atom.